The van der Waals surface area contributed by atoms with Crippen LogP contribution in [0.5, 0.6) is 11.5 Å². The minimum Gasteiger partial charge on any atom is -0.493 e. The van der Waals surface area contributed by atoms with E-state index in [1.807, 2.05) is 30.3 Å². The van der Waals surface area contributed by atoms with Crippen molar-refractivity contribution in [1.82, 2.24) is 10.1 Å². The van der Waals surface area contributed by atoms with E-state index < -0.39 is 0 Å². The number of nitrogens with zero attached hydrogens (tertiary/aromatic N) is 2. The van der Waals surface area contributed by atoms with Crippen LogP contribution in [-0.2, 0) is 16.1 Å². The molecule has 0 saturated heterocycles. The molecule has 8 nitrogen and oxygen atoms in total. The Hall–Kier alpha value is -3.81. The number of anilines is 1. The van der Waals surface area contributed by atoms with Crippen LogP contribution in [0.15, 0.2) is 53.1 Å². The summed E-state index contributed by atoms with van der Waals surface area (Å²) in [6.45, 7) is 2.50. The number of carbonyl (C=O) groups is 1. The van der Waals surface area contributed by atoms with E-state index in [1.165, 1.54) is 6.08 Å². The number of carbonyl (C=O) groups excluding carboxylic acids is 1. The van der Waals surface area contributed by atoms with Crippen LogP contribution in [0.4, 0.5) is 5.69 Å². The SMILES string of the molecule is CCOC(=O)/C=C/c1ccc(NCc2nc(-c3ccc(OC)c(OC)c3)no2)cc1. The minimum absolute atomic E-state index is 0.357. The van der Waals surface area contributed by atoms with E-state index >= 15 is 0 Å². The highest BCUT2D eigenvalue weighted by Crippen LogP contribution is 2.31. The van der Waals surface area contributed by atoms with Crippen molar-refractivity contribution < 1.29 is 23.5 Å². The van der Waals surface area contributed by atoms with Gasteiger partial charge in [0.25, 0.3) is 0 Å². The molecular formula is C22H23N3O5. The maximum Gasteiger partial charge on any atom is 0.330 e. The molecule has 0 aliphatic rings. The molecule has 0 unspecified atom stereocenters. The largest absolute Gasteiger partial charge is 0.493 e. The lowest BCUT2D eigenvalue weighted by molar-refractivity contribution is -0.137. The number of nitrogens with one attached hydrogen (secondary N) is 1. The van der Waals surface area contributed by atoms with Crippen molar-refractivity contribution in [2.24, 2.45) is 0 Å². The zero-order valence-corrected chi connectivity index (χ0v) is 17.0. The van der Waals surface area contributed by atoms with Gasteiger partial charge < -0.3 is 24.1 Å². The zero-order chi connectivity index (χ0) is 21.3. The van der Waals surface area contributed by atoms with Crippen molar-refractivity contribution >= 4 is 17.7 Å². The molecule has 1 N–H and O–H groups in total. The summed E-state index contributed by atoms with van der Waals surface area (Å²) in [5, 5.41) is 7.25. The molecule has 0 atom stereocenters. The molecule has 0 spiro atoms. The van der Waals surface area contributed by atoms with Gasteiger partial charge in [0, 0.05) is 17.3 Å². The molecule has 30 heavy (non-hydrogen) atoms. The van der Waals surface area contributed by atoms with E-state index in [9.17, 15) is 4.79 Å². The van der Waals surface area contributed by atoms with Gasteiger partial charge in [-0.15, -0.1) is 0 Å². The molecule has 3 rings (SSSR count). The third-order valence-electron chi connectivity index (χ3n) is 4.16. The number of hydrogen-bond donors (Lipinski definition) is 1. The standard InChI is InChI=1S/C22H23N3O5/c1-4-29-21(26)12-7-15-5-9-17(10-6-15)23-14-20-24-22(25-30-20)16-8-11-18(27-2)19(13-16)28-3/h5-13,23H,4,14H2,1-3H3/b12-7+. The Bertz CT molecular complexity index is 1010. The number of ether oxygens (including phenoxy) is 3. The van der Waals surface area contributed by atoms with Gasteiger partial charge in [0.15, 0.2) is 11.5 Å². The predicted molar refractivity (Wildman–Crippen MR) is 112 cm³/mol. The fourth-order valence-corrected chi connectivity index (χ4v) is 2.66. The van der Waals surface area contributed by atoms with E-state index in [0.717, 1.165) is 16.8 Å². The van der Waals surface area contributed by atoms with Crippen molar-refractivity contribution in [2.45, 2.75) is 13.5 Å². The van der Waals surface area contributed by atoms with Crippen molar-refractivity contribution in [2.75, 3.05) is 26.1 Å². The lowest BCUT2D eigenvalue weighted by Gasteiger charge is -2.07. The average molecular weight is 409 g/mol. The molecule has 0 aliphatic heterocycles. The van der Waals surface area contributed by atoms with Gasteiger partial charge in [-0.2, -0.15) is 4.98 Å². The fourth-order valence-electron chi connectivity index (χ4n) is 2.66. The molecular weight excluding hydrogens is 386 g/mol. The van der Waals surface area contributed by atoms with Crippen LogP contribution in [0.2, 0.25) is 0 Å². The molecule has 0 amide bonds. The molecule has 0 radical (unpaired) electrons. The molecule has 156 valence electrons. The maximum absolute atomic E-state index is 11.4. The summed E-state index contributed by atoms with van der Waals surface area (Å²) >= 11 is 0. The third-order valence-corrected chi connectivity index (χ3v) is 4.16. The Morgan fingerprint density at radius 2 is 1.87 bits per heavy atom. The van der Waals surface area contributed by atoms with Crippen LogP contribution >= 0.6 is 0 Å². The van der Waals surface area contributed by atoms with Crippen molar-refractivity contribution in [3.8, 4) is 22.9 Å². The summed E-state index contributed by atoms with van der Waals surface area (Å²) in [6, 6.07) is 13.0. The van der Waals surface area contributed by atoms with Crippen molar-refractivity contribution in [1.29, 1.82) is 0 Å². The van der Waals surface area contributed by atoms with Crippen LogP contribution in [-0.4, -0.2) is 36.9 Å². The smallest absolute Gasteiger partial charge is 0.330 e. The highest BCUT2D eigenvalue weighted by molar-refractivity contribution is 5.87. The van der Waals surface area contributed by atoms with Gasteiger partial charge in [-0.05, 0) is 48.9 Å². The Kier molecular flexibility index (Phi) is 7.05. The Balaban J connectivity index is 1.60. The van der Waals surface area contributed by atoms with E-state index in [1.54, 1.807) is 39.4 Å². The van der Waals surface area contributed by atoms with E-state index in [4.69, 9.17) is 18.7 Å². The second kappa shape index (κ2) is 10.1. The van der Waals surface area contributed by atoms with Crippen LogP contribution in [0, 0.1) is 0 Å². The summed E-state index contributed by atoms with van der Waals surface area (Å²) < 4.78 is 20.7. The van der Waals surface area contributed by atoms with E-state index in [0.29, 0.717) is 36.4 Å². The maximum atomic E-state index is 11.4. The summed E-state index contributed by atoms with van der Waals surface area (Å²) in [5.41, 5.74) is 2.54. The molecule has 0 fully saturated rings. The van der Waals surface area contributed by atoms with Crippen LogP contribution in [0.3, 0.4) is 0 Å². The summed E-state index contributed by atoms with van der Waals surface area (Å²) in [6.07, 6.45) is 3.11. The van der Waals surface area contributed by atoms with Crippen LogP contribution in [0.1, 0.15) is 18.4 Å². The topological polar surface area (TPSA) is 95.7 Å². The number of methoxy groups -OCH3 is 2. The second-order valence-electron chi connectivity index (χ2n) is 6.14. The molecule has 0 saturated carbocycles. The second-order valence-corrected chi connectivity index (χ2v) is 6.14. The quantitative estimate of drug-likeness (QED) is 0.419. The minimum atomic E-state index is -0.360. The molecule has 1 heterocycles. The number of hydrogen-bond acceptors (Lipinski definition) is 8. The zero-order valence-electron chi connectivity index (χ0n) is 17.0. The first-order valence-electron chi connectivity index (χ1n) is 9.36. The van der Waals surface area contributed by atoms with Gasteiger partial charge in [0.2, 0.25) is 11.7 Å². The number of aromatic nitrogens is 2. The molecule has 3 aromatic rings. The van der Waals surface area contributed by atoms with Gasteiger partial charge >= 0.3 is 5.97 Å². The van der Waals surface area contributed by atoms with Crippen molar-refractivity contribution in [3.05, 3.63) is 60.0 Å². The first kappa shape index (κ1) is 20.9. The van der Waals surface area contributed by atoms with Gasteiger partial charge in [0.05, 0.1) is 27.4 Å². The molecule has 0 aliphatic carbocycles. The highest BCUT2D eigenvalue weighted by atomic mass is 16.5. The van der Waals surface area contributed by atoms with Gasteiger partial charge in [-0.3, -0.25) is 0 Å². The Morgan fingerprint density at radius 1 is 1.10 bits per heavy atom. The lowest BCUT2D eigenvalue weighted by Crippen LogP contribution is -2.00. The predicted octanol–water partition coefficient (Wildman–Crippen LogP) is 3.94. The summed E-state index contributed by atoms with van der Waals surface area (Å²) in [7, 11) is 3.16. The van der Waals surface area contributed by atoms with E-state index in [2.05, 4.69) is 15.5 Å². The number of rotatable bonds is 9. The lowest BCUT2D eigenvalue weighted by atomic mass is 10.2. The normalized spacial score (nSPS) is 10.8. The summed E-state index contributed by atoms with van der Waals surface area (Å²) in [5.74, 6) is 1.78. The Labute approximate surface area is 174 Å². The number of esters is 1. The fraction of sp³-hybridized carbons (Fsp3) is 0.227. The van der Waals surface area contributed by atoms with Crippen molar-refractivity contribution in [3.63, 3.8) is 0 Å². The van der Waals surface area contributed by atoms with E-state index in [-0.39, 0.29) is 5.97 Å². The Morgan fingerprint density at radius 3 is 2.57 bits per heavy atom. The van der Waals surface area contributed by atoms with Crippen LogP contribution in [0.25, 0.3) is 17.5 Å². The monoisotopic (exact) mass is 409 g/mol. The van der Waals surface area contributed by atoms with Gasteiger partial charge in [-0.25, -0.2) is 4.79 Å². The van der Waals surface area contributed by atoms with Gasteiger partial charge in [-0.1, -0.05) is 17.3 Å². The molecule has 2 aromatic carbocycles. The number of benzene rings is 2. The molecule has 8 heteroatoms. The van der Waals surface area contributed by atoms with Crippen LogP contribution < -0.4 is 14.8 Å². The third kappa shape index (κ3) is 5.38. The summed E-state index contributed by atoms with van der Waals surface area (Å²) in [4.78, 5) is 15.8. The van der Waals surface area contributed by atoms with Gasteiger partial charge in [0.1, 0.15) is 0 Å². The highest BCUT2D eigenvalue weighted by Gasteiger charge is 2.12. The average Bonchev–Trinajstić information content (AvgIpc) is 3.26. The first-order chi connectivity index (χ1) is 14.6. The first-order valence-corrected chi connectivity index (χ1v) is 9.36. The molecule has 0 bridgehead atoms. The molecule has 1 aromatic heterocycles.